The molecule has 1 fully saturated rings. The molecule has 3 aromatic rings. The van der Waals surface area contributed by atoms with Crippen molar-refractivity contribution in [3.8, 4) is 0 Å². The first-order valence-electron chi connectivity index (χ1n) is 10.2. The highest BCUT2D eigenvalue weighted by Crippen LogP contribution is 2.23. The summed E-state index contributed by atoms with van der Waals surface area (Å²) in [7, 11) is 1.91. The van der Waals surface area contributed by atoms with Crippen molar-refractivity contribution < 1.29 is 4.79 Å². The van der Waals surface area contributed by atoms with Crippen LogP contribution in [0.5, 0.6) is 0 Å². The maximum absolute atomic E-state index is 12.8. The number of nitrogens with zero attached hydrogens (tertiary/aromatic N) is 4. The number of fused-ring (bicyclic) bond motifs is 1. The van der Waals surface area contributed by atoms with Crippen molar-refractivity contribution in [1.29, 1.82) is 0 Å². The number of aromatic nitrogens is 1. The topological polar surface area (TPSA) is 39.7 Å². The fraction of sp³-hybridized carbons (Fsp3) is 0.391. The summed E-state index contributed by atoms with van der Waals surface area (Å²) in [6, 6.07) is 18.6. The molecule has 6 heteroatoms. The lowest BCUT2D eigenvalue weighted by atomic mass is 10.1. The van der Waals surface area contributed by atoms with Gasteiger partial charge in [-0.1, -0.05) is 42.5 Å². The van der Waals surface area contributed by atoms with Crippen LogP contribution in [-0.2, 0) is 11.3 Å². The quantitative estimate of drug-likeness (QED) is 0.624. The zero-order valence-electron chi connectivity index (χ0n) is 17.1. The number of benzene rings is 2. The second-order valence-corrected chi connectivity index (χ2v) is 8.83. The summed E-state index contributed by atoms with van der Waals surface area (Å²) in [6.07, 6.45) is 0. The van der Waals surface area contributed by atoms with Crippen LogP contribution >= 0.6 is 11.3 Å². The predicted molar refractivity (Wildman–Crippen MR) is 119 cm³/mol. The summed E-state index contributed by atoms with van der Waals surface area (Å²) in [4.78, 5) is 24.1. The molecule has 1 atom stereocenters. The van der Waals surface area contributed by atoms with Gasteiger partial charge in [0.05, 0.1) is 29.3 Å². The van der Waals surface area contributed by atoms with E-state index in [9.17, 15) is 4.79 Å². The van der Waals surface area contributed by atoms with Gasteiger partial charge in [0.25, 0.3) is 0 Å². The maximum Gasteiger partial charge on any atom is 0.236 e. The third-order valence-corrected chi connectivity index (χ3v) is 6.80. The molecule has 1 amide bonds. The predicted octanol–water partition coefficient (Wildman–Crippen LogP) is 3.63. The van der Waals surface area contributed by atoms with E-state index in [4.69, 9.17) is 4.98 Å². The van der Waals surface area contributed by atoms with Gasteiger partial charge in [0.1, 0.15) is 5.01 Å². The molecule has 0 bridgehead atoms. The van der Waals surface area contributed by atoms with Crippen molar-refractivity contribution in [1.82, 2.24) is 19.7 Å². The maximum atomic E-state index is 12.8. The van der Waals surface area contributed by atoms with Gasteiger partial charge in [-0.15, -0.1) is 11.3 Å². The third-order valence-electron chi connectivity index (χ3n) is 5.78. The van der Waals surface area contributed by atoms with Gasteiger partial charge >= 0.3 is 0 Å². The fourth-order valence-electron chi connectivity index (χ4n) is 3.76. The molecule has 29 heavy (non-hydrogen) atoms. The van der Waals surface area contributed by atoms with Crippen molar-refractivity contribution in [2.24, 2.45) is 0 Å². The summed E-state index contributed by atoms with van der Waals surface area (Å²) in [5.74, 6) is 0.181. The smallest absolute Gasteiger partial charge is 0.236 e. The van der Waals surface area contributed by atoms with Crippen molar-refractivity contribution in [2.45, 2.75) is 19.5 Å². The molecule has 0 N–H and O–H groups in total. The molecule has 0 spiro atoms. The Bertz CT molecular complexity index is 917. The van der Waals surface area contributed by atoms with Gasteiger partial charge in [-0.2, -0.15) is 0 Å². The first-order chi connectivity index (χ1) is 14.1. The summed E-state index contributed by atoms with van der Waals surface area (Å²) in [5, 5.41) is 1.17. The zero-order chi connectivity index (χ0) is 20.2. The number of piperazine rings is 1. The Hall–Kier alpha value is -2.28. The van der Waals surface area contributed by atoms with Gasteiger partial charge < -0.3 is 4.90 Å². The van der Waals surface area contributed by atoms with Gasteiger partial charge in [-0.3, -0.25) is 14.6 Å². The Morgan fingerprint density at radius 1 is 1.03 bits per heavy atom. The van der Waals surface area contributed by atoms with Crippen LogP contribution in [0.2, 0.25) is 0 Å². The zero-order valence-corrected chi connectivity index (χ0v) is 17.9. The Balaban J connectivity index is 1.26. The van der Waals surface area contributed by atoms with E-state index >= 15 is 0 Å². The highest BCUT2D eigenvalue weighted by atomic mass is 32.1. The van der Waals surface area contributed by atoms with E-state index in [1.807, 2.05) is 36.2 Å². The summed E-state index contributed by atoms with van der Waals surface area (Å²) in [5.41, 5.74) is 2.26. The molecular formula is C23H28N4OS. The second-order valence-electron chi connectivity index (χ2n) is 7.72. The number of carbonyl (C=O) groups is 1. The molecule has 1 aliphatic heterocycles. The van der Waals surface area contributed by atoms with Gasteiger partial charge in [-0.05, 0) is 24.6 Å². The SMILES string of the molecule is C[C@H](c1ccccc1)N(C)C(=O)CN1CCN(Cc2nc3ccccc3s2)CC1. The molecule has 0 aliphatic carbocycles. The molecule has 0 unspecified atom stereocenters. The molecule has 2 heterocycles. The third kappa shape index (κ3) is 4.83. The van der Waals surface area contributed by atoms with Crippen LogP contribution in [0.3, 0.4) is 0 Å². The molecule has 2 aromatic carbocycles. The minimum absolute atomic E-state index is 0.0871. The number of para-hydroxylation sites is 1. The summed E-state index contributed by atoms with van der Waals surface area (Å²) < 4.78 is 1.25. The highest BCUT2D eigenvalue weighted by Gasteiger charge is 2.23. The lowest BCUT2D eigenvalue weighted by molar-refractivity contribution is -0.133. The largest absolute Gasteiger partial charge is 0.338 e. The Kier molecular flexibility index (Phi) is 6.23. The van der Waals surface area contributed by atoms with Crippen LogP contribution in [0, 0.1) is 0 Å². The monoisotopic (exact) mass is 408 g/mol. The van der Waals surface area contributed by atoms with Crippen LogP contribution in [0.25, 0.3) is 10.2 Å². The Morgan fingerprint density at radius 3 is 2.41 bits per heavy atom. The number of hydrogen-bond donors (Lipinski definition) is 0. The number of amides is 1. The normalized spacial score (nSPS) is 16.8. The second kappa shape index (κ2) is 9.03. The average molecular weight is 409 g/mol. The number of thiazole rings is 1. The van der Waals surface area contributed by atoms with Gasteiger partial charge in [-0.25, -0.2) is 4.98 Å². The molecule has 5 nitrogen and oxygen atoms in total. The van der Waals surface area contributed by atoms with Gasteiger partial charge in [0.15, 0.2) is 0 Å². The minimum atomic E-state index is 0.0871. The lowest BCUT2D eigenvalue weighted by Gasteiger charge is -2.35. The minimum Gasteiger partial charge on any atom is -0.338 e. The van der Waals surface area contributed by atoms with E-state index in [1.165, 1.54) is 15.3 Å². The Morgan fingerprint density at radius 2 is 1.69 bits per heavy atom. The number of likely N-dealkylation sites (N-methyl/N-ethyl adjacent to an activating group) is 1. The number of carbonyl (C=O) groups excluding carboxylic acids is 1. The lowest BCUT2D eigenvalue weighted by Crippen LogP contribution is -2.49. The van der Waals surface area contributed by atoms with Crippen molar-refractivity contribution >= 4 is 27.5 Å². The van der Waals surface area contributed by atoms with E-state index in [0.717, 1.165) is 38.2 Å². The number of rotatable bonds is 6. The molecule has 0 saturated carbocycles. The van der Waals surface area contributed by atoms with Crippen LogP contribution in [-0.4, -0.2) is 65.4 Å². The average Bonchev–Trinajstić information content (AvgIpc) is 3.17. The van der Waals surface area contributed by atoms with E-state index in [0.29, 0.717) is 6.54 Å². The molecule has 152 valence electrons. The van der Waals surface area contributed by atoms with Crippen LogP contribution in [0.15, 0.2) is 54.6 Å². The molecule has 1 saturated heterocycles. The van der Waals surface area contributed by atoms with Crippen LogP contribution < -0.4 is 0 Å². The highest BCUT2D eigenvalue weighted by molar-refractivity contribution is 7.18. The molecule has 0 radical (unpaired) electrons. The van der Waals surface area contributed by atoms with Crippen molar-refractivity contribution in [2.75, 3.05) is 39.8 Å². The molecule has 1 aliphatic rings. The van der Waals surface area contributed by atoms with E-state index < -0.39 is 0 Å². The summed E-state index contributed by atoms with van der Waals surface area (Å²) >= 11 is 1.78. The molecule has 1 aromatic heterocycles. The van der Waals surface area contributed by atoms with E-state index in [2.05, 4.69) is 47.1 Å². The summed E-state index contributed by atoms with van der Waals surface area (Å²) in [6.45, 7) is 7.26. The van der Waals surface area contributed by atoms with Crippen LogP contribution in [0.1, 0.15) is 23.5 Å². The number of hydrogen-bond acceptors (Lipinski definition) is 5. The molecular weight excluding hydrogens is 380 g/mol. The van der Waals surface area contributed by atoms with Crippen LogP contribution in [0.4, 0.5) is 0 Å². The standard InChI is InChI=1S/C23H28N4OS/c1-18(19-8-4-3-5-9-19)25(2)23(28)17-27-14-12-26(13-15-27)16-22-24-20-10-6-7-11-21(20)29-22/h3-11,18H,12-17H2,1-2H3/t18-/m1/s1. The van der Waals surface area contributed by atoms with Crippen molar-refractivity contribution in [3.05, 3.63) is 65.2 Å². The van der Waals surface area contributed by atoms with Gasteiger partial charge in [0, 0.05) is 33.2 Å². The van der Waals surface area contributed by atoms with E-state index in [-0.39, 0.29) is 11.9 Å². The first-order valence-corrected chi connectivity index (χ1v) is 11.0. The Labute approximate surface area is 176 Å². The first kappa shape index (κ1) is 20.0. The molecule has 4 rings (SSSR count). The van der Waals surface area contributed by atoms with Crippen molar-refractivity contribution in [3.63, 3.8) is 0 Å². The van der Waals surface area contributed by atoms with Gasteiger partial charge in [0.2, 0.25) is 5.91 Å². The fourth-order valence-corrected chi connectivity index (χ4v) is 4.77. The van der Waals surface area contributed by atoms with E-state index in [1.54, 1.807) is 11.3 Å².